The number of nitrogens with zero attached hydrogens (tertiary/aromatic N) is 3. The number of allylic oxidation sites excluding steroid dienone is 2. The summed E-state index contributed by atoms with van der Waals surface area (Å²) >= 11 is 0. The van der Waals surface area contributed by atoms with Crippen molar-refractivity contribution >= 4 is 17.7 Å². The molecular formula is C18H21N5O4. The summed E-state index contributed by atoms with van der Waals surface area (Å²) in [5.74, 6) is -2.32. The van der Waals surface area contributed by atoms with Crippen LogP contribution in [0.5, 0.6) is 0 Å². The first-order valence-corrected chi connectivity index (χ1v) is 8.75. The quantitative estimate of drug-likeness (QED) is 0.682. The summed E-state index contributed by atoms with van der Waals surface area (Å²) in [6.07, 6.45) is 4.85. The molecule has 0 bridgehead atoms. The molecule has 27 heavy (non-hydrogen) atoms. The van der Waals surface area contributed by atoms with Crippen molar-refractivity contribution in [2.24, 2.45) is 11.8 Å². The van der Waals surface area contributed by atoms with Crippen LogP contribution in [0.25, 0.3) is 5.95 Å². The first kappa shape index (κ1) is 18.6. The molecule has 0 aliphatic heterocycles. The SMILES string of the molecule is CCc1cc(=O)[nH]c(-n2nc(C)cc2NC(=O)[C@@H]2CC=CC[C@H]2C(=O)O)n1. The van der Waals surface area contributed by atoms with Crippen LogP contribution in [-0.2, 0) is 16.0 Å². The third-order valence-electron chi connectivity index (χ3n) is 4.51. The highest BCUT2D eigenvalue weighted by atomic mass is 16.4. The Morgan fingerprint density at radius 1 is 1.30 bits per heavy atom. The normalized spacial score (nSPS) is 19.0. The topological polar surface area (TPSA) is 130 Å². The number of nitrogens with one attached hydrogen (secondary N) is 2. The number of hydrogen-bond acceptors (Lipinski definition) is 5. The Hall–Kier alpha value is -3.23. The second-order valence-corrected chi connectivity index (χ2v) is 6.48. The number of rotatable bonds is 5. The molecule has 0 saturated heterocycles. The van der Waals surface area contributed by atoms with Gasteiger partial charge in [0.15, 0.2) is 0 Å². The predicted octanol–water partition coefficient (Wildman–Crippen LogP) is 1.43. The average molecular weight is 371 g/mol. The zero-order valence-corrected chi connectivity index (χ0v) is 15.1. The predicted molar refractivity (Wildman–Crippen MR) is 97.7 cm³/mol. The van der Waals surface area contributed by atoms with Gasteiger partial charge in [-0.1, -0.05) is 19.1 Å². The molecule has 0 aromatic carbocycles. The van der Waals surface area contributed by atoms with E-state index in [1.807, 2.05) is 13.0 Å². The molecule has 0 saturated carbocycles. The second-order valence-electron chi connectivity index (χ2n) is 6.48. The maximum atomic E-state index is 12.7. The number of carbonyl (C=O) groups is 2. The highest BCUT2D eigenvalue weighted by molar-refractivity contribution is 5.95. The first-order chi connectivity index (χ1) is 12.9. The van der Waals surface area contributed by atoms with Crippen molar-refractivity contribution in [3.8, 4) is 5.95 Å². The zero-order chi connectivity index (χ0) is 19.6. The summed E-state index contributed by atoms with van der Waals surface area (Å²) in [4.78, 5) is 43.0. The van der Waals surface area contributed by atoms with Crippen molar-refractivity contribution < 1.29 is 14.7 Å². The molecule has 2 atom stereocenters. The summed E-state index contributed by atoms with van der Waals surface area (Å²) in [5, 5.41) is 16.4. The maximum Gasteiger partial charge on any atom is 0.307 e. The van der Waals surface area contributed by atoms with E-state index in [1.54, 1.807) is 19.1 Å². The minimum atomic E-state index is -0.995. The largest absolute Gasteiger partial charge is 0.481 e. The van der Waals surface area contributed by atoms with Gasteiger partial charge >= 0.3 is 5.97 Å². The zero-order valence-electron chi connectivity index (χ0n) is 15.1. The van der Waals surface area contributed by atoms with Crippen LogP contribution in [0.1, 0.15) is 31.2 Å². The molecule has 1 aliphatic carbocycles. The van der Waals surface area contributed by atoms with Crippen LogP contribution in [0, 0.1) is 18.8 Å². The summed E-state index contributed by atoms with van der Waals surface area (Å²) in [6.45, 7) is 3.63. The minimum Gasteiger partial charge on any atom is -0.481 e. The van der Waals surface area contributed by atoms with E-state index in [0.29, 0.717) is 36.5 Å². The molecule has 9 heteroatoms. The highest BCUT2D eigenvalue weighted by Gasteiger charge is 2.34. The van der Waals surface area contributed by atoms with E-state index < -0.39 is 23.7 Å². The highest BCUT2D eigenvalue weighted by Crippen LogP contribution is 2.27. The smallest absolute Gasteiger partial charge is 0.307 e. The number of amides is 1. The van der Waals surface area contributed by atoms with Crippen molar-refractivity contribution in [3.05, 3.63) is 46.0 Å². The third kappa shape index (κ3) is 3.97. The van der Waals surface area contributed by atoms with Gasteiger partial charge in [-0.05, 0) is 26.2 Å². The van der Waals surface area contributed by atoms with Crippen LogP contribution in [0.4, 0.5) is 5.82 Å². The number of hydrogen-bond donors (Lipinski definition) is 3. The summed E-state index contributed by atoms with van der Waals surface area (Å²) in [6, 6.07) is 3.05. The Morgan fingerprint density at radius 2 is 2.00 bits per heavy atom. The monoisotopic (exact) mass is 371 g/mol. The summed E-state index contributed by atoms with van der Waals surface area (Å²) in [5.41, 5.74) is 0.904. The van der Waals surface area contributed by atoms with Crippen molar-refractivity contribution in [2.45, 2.75) is 33.1 Å². The number of aryl methyl sites for hydroxylation is 2. The van der Waals surface area contributed by atoms with Crippen LogP contribution in [0.2, 0.25) is 0 Å². The van der Waals surface area contributed by atoms with Gasteiger partial charge in [0.25, 0.3) is 5.56 Å². The lowest BCUT2D eigenvalue weighted by Crippen LogP contribution is -2.35. The van der Waals surface area contributed by atoms with Crippen LogP contribution < -0.4 is 10.9 Å². The average Bonchev–Trinajstić information content (AvgIpc) is 3.01. The Morgan fingerprint density at radius 3 is 2.67 bits per heavy atom. The van der Waals surface area contributed by atoms with Gasteiger partial charge in [0.1, 0.15) is 5.82 Å². The lowest BCUT2D eigenvalue weighted by atomic mass is 9.82. The molecule has 1 amide bonds. The number of anilines is 1. The number of aromatic amines is 1. The van der Waals surface area contributed by atoms with Crippen LogP contribution in [0.15, 0.2) is 29.1 Å². The fourth-order valence-corrected chi connectivity index (χ4v) is 3.12. The summed E-state index contributed by atoms with van der Waals surface area (Å²) in [7, 11) is 0. The number of carbonyl (C=O) groups excluding carboxylic acids is 1. The van der Waals surface area contributed by atoms with Crippen molar-refractivity contribution in [1.29, 1.82) is 0 Å². The third-order valence-corrected chi connectivity index (χ3v) is 4.51. The van der Waals surface area contributed by atoms with Gasteiger partial charge in [0, 0.05) is 17.8 Å². The van der Waals surface area contributed by atoms with Gasteiger partial charge < -0.3 is 10.4 Å². The standard InChI is InChI=1S/C18H21N5O4/c1-3-11-9-15(24)21-18(19-11)23-14(8-10(2)22-23)20-16(25)12-6-4-5-7-13(12)17(26)27/h4-5,8-9,12-13H,3,6-7H2,1-2H3,(H,20,25)(H,26,27)(H,19,21,24)/t12-,13-/m1/s1. The lowest BCUT2D eigenvalue weighted by molar-refractivity contribution is -0.146. The van der Waals surface area contributed by atoms with E-state index >= 15 is 0 Å². The molecule has 1 aliphatic rings. The van der Waals surface area contributed by atoms with Crippen molar-refractivity contribution in [1.82, 2.24) is 19.7 Å². The van der Waals surface area contributed by atoms with E-state index in [1.165, 1.54) is 10.7 Å². The van der Waals surface area contributed by atoms with E-state index in [-0.39, 0.29) is 11.5 Å². The van der Waals surface area contributed by atoms with Gasteiger partial charge in [-0.3, -0.25) is 19.4 Å². The Kier molecular flexibility index (Phi) is 5.20. The van der Waals surface area contributed by atoms with Crippen molar-refractivity contribution in [3.63, 3.8) is 0 Å². The number of aliphatic carboxylic acids is 1. The number of aromatic nitrogens is 4. The molecule has 2 aromatic heterocycles. The maximum absolute atomic E-state index is 12.7. The summed E-state index contributed by atoms with van der Waals surface area (Å²) < 4.78 is 1.35. The molecule has 0 spiro atoms. The molecule has 142 valence electrons. The van der Waals surface area contributed by atoms with Crippen molar-refractivity contribution in [2.75, 3.05) is 5.32 Å². The molecule has 3 rings (SSSR count). The fourth-order valence-electron chi connectivity index (χ4n) is 3.12. The van der Waals surface area contributed by atoms with Gasteiger partial charge in [-0.15, -0.1) is 0 Å². The molecular weight excluding hydrogens is 350 g/mol. The molecule has 0 unspecified atom stereocenters. The second kappa shape index (κ2) is 7.56. The fraction of sp³-hybridized carbons (Fsp3) is 0.389. The molecule has 0 radical (unpaired) electrons. The molecule has 9 nitrogen and oxygen atoms in total. The number of H-pyrrole nitrogens is 1. The Bertz CT molecular complexity index is 959. The van der Waals surface area contributed by atoms with E-state index in [0.717, 1.165) is 0 Å². The van der Waals surface area contributed by atoms with E-state index in [9.17, 15) is 19.5 Å². The van der Waals surface area contributed by atoms with Crippen LogP contribution in [0.3, 0.4) is 0 Å². The van der Waals surface area contributed by atoms with Crippen LogP contribution in [-0.4, -0.2) is 36.7 Å². The van der Waals surface area contributed by atoms with Crippen LogP contribution >= 0.6 is 0 Å². The van der Waals surface area contributed by atoms with E-state index in [2.05, 4.69) is 20.4 Å². The first-order valence-electron chi connectivity index (χ1n) is 8.75. The van der Waals surface area contributed by atoms with Gasteiger partial charge in [0.05, 0.1) is 17.5 Å². The Balaban J connectivity index is 1.91. The van der Waals surface area contributed by atoms with Gasteiger partial charge in [-0.2, -0.15) is 9.78 Å². The minimum absolute atomic E-state index is 0.195. The number of carboxylic acids is 1. The van der Waals surface area contributed by atoms with Gasteiger partial charge in [0.2, 0.25) is 11.9 Å². The number of carboxylic acid groups (broad SMARTS) is 1. The molecule has 3 N–H and O–H groups in total. The Labute approximate surface area is 155 Å². The molecule has 2 aromatic rings. The lowest BCUT2D eigenvalue weighted by Gasteiger charge is -2.24. The molecule has 0 fully saturated rings. The van der Waals surface area contributed by atoms with E-state index in [4.69, 9.17) is 0 Å². The molecule has 2 heterocycles. The van der Waals surface area contributed by atoms with Gasteiger partial charge in [-0.25, -0.2) is 4.98 Å².